The summed E-state index contributed by atoms with van der Waals surface area (Å²) in [5, 5.41) is 34.0. The molecule has 2 aliphatic heterocycles. The highest BCUT2D eigenvalue weighted by Crippen LogP contribution is 2.76. The van der Waals surface area contributed by atoms with E-state index in [0.29, 0.717) is 12.2 Å². The fourth-order valence-corrected chi connectivity index (χ4v) is 7.99. The summed E-state index contributed by atoms with van der Waals surface area (Å²) in [6, 6.07) is 0. The maximum atomic E-state index is 13.3. The van der Waals surface area contributed by atoms with E-state index in [1.165, 1.54) is 0 Å². The van der Waals surface area contributed by atoms with Crippen molar-refractivity contribution in [1.29, 1.82) is 0 Å². The minimum Gasteiger partial charge on any atom is -0.391 e. The zero-order valence-electron chi connectivity index (χ0n) is 15.0. The minimum atomic E-state index is -2.02. The lowest BCUT2D eigenvalue weighted by Crippen LogP contribution is -2.83. The van der Waals surface area contributed by atoms with Gasteiger partial charge < -0.3 is 20.1 Å². The third-order valence-corrected chi connectivity index (χ3v) is 8.77. The number of carbonyl (C=O) groups excluding carboxylic acids is 1. The molecule has 6 aliphatic rings. The number of hydrogen-bond donors (Lipinski definition) is 3. The summed E-state index contributed by atoms with van der Waals surface area (Å²) in [7, 11) is 0. The van der Waals surface area contributed by atoms with Gasteiger partial charge >= 0.3 is 0 Å². The van der Waals surface area contributed by atoms with Crippen molar-refractivity contribution < 1.29 is 24.9 Å². The van der Waals surface area contributed by atoms with Crippen LogP contribution in [0.15, 0.2) is 12.2 Å². The lowest BCUT2D eigenvalue weighted by atomic mass is 9.36. The van der Waals surface area contributed by atoms with E-state index < -0.39 is 23.4 Å². The predicted molar refractivity (Wildman–Crippen MR) is 89.3 cm³/mol. The normalized spacial score (nSPS) is 58.8. The van der Waals surface area contributed by atoms with Crippen LogP contribution in [0.5, 0.6) is 0 Å². The van der Waals surface area contributed by atoms with E-state index in [2.05, 4.69) is 20.4 Å². The van der Waals surface area contributed by atoms with E-state index in [1.807, 2.05) is 0 Å². The van der Waals surface area contributed by atoms with Gasteiger partial charge in [0.1, 0.15) is 11.5 Å². The van der Waals surface area contributed by atoms with Crippen molar-refractivity contribution in [2.75, 3.05) is 6.61 Å². The fourth-order valence-electron chi connectivity index (χ4n) is 7.99. The lowest BCUT2D eigenvalue weighted by Gasteiger charge is -2.73. The van der Waals surface area contributed by atoms with Crippen molar-refractivity contribution in [3.05, 3.63) is 12.2 Å². The number of ether oxygens (including phenoxy) is 1. The highest BCUT2D eigenvalue weighted by atomic mass is 16.6. The van der Waals surface area contributed by atoms with E-state index in [4.69, 9.17) is 4.74 Å². The molecule has 4 bridgehead atoms. The maximum absolute atomic E-state index is 13.3. The molecular formula is C20H28O5. The van der Waals surface area contributed by atoms with Crippen molar-refractivity contribution in [2.24, 2.45) is 34.0 Å². The SMILES string of the molecule is C=C1C(=O)[C@@]23C(O)[C@@H]1CC[C@@H]2[C@@]12CCCC(C)(C)[C@@H]1[C@H](O)[C@@]3(O)OC2. The molecule has 25 heavy (non-hydrogen) atoms. The first-order valence-electron chi connectivity index (χ1n) is 9.61. The zero-order chi connectivity index (χ0) is 18.0. The second-order valence-corrected chi connectivity index (χ2v) is 9.89. The Morgan fingerprint density at radius 1 is 1.16 bits per heavy atom. The van der Waals surface area contributed by atoms with Gasteiger partial charge in [-0.15, -0.1) is 0 Å². The Hall–Kier alpha value is -0.750. The van der Waals surface area contributed by atoms with E-state index >= 15 is 0 Å². The van der Waals surface area contributed by atoms with E-state index in [0.717, 1.165) is 32.1 Å². The van der Waals surface area contributed by atoms with Crippen LogP contribution in [0.2, 0.25) is 0 Å². The Morgan fingerprint density at radius 2 is 1.88 bits per heavy atom. The summed E-state index contributed by atoms with van der Waals surface area (Å²) < 4.78 is 5.89. The van der Waals surface area contributed by atoms with Gasteiger partial charge in [-0.1, -0.05) is 26.8 Å². The van der Waals surface area contributed by atoms with Gasteiger partial charge in [0.15, 0.2) is 5.78 Å². The molecule has 6 rings (SSSR count). The van der Waals surface area contributed by atoms with Crippen molar-refractivity contribution in [3.8, 4) is 0 Å². The number of rotatable bonds is 0. The Balaban J connectivity index is 1.79. The summed E-state index contributed by atoms with van der Waals surface area (Å²) >= 11 is 0. The summed E-state index contributed by atoms with van der Waals surface area (Å²) in [5.41, 5.74) is -1.56. The molecular weight excluding hydrogens is 320 g/mol. The lowest BCUT2D eigenvalue weighted by molar-refractivity contribution is -0.448. The van der Waals surface area contributed by atoms with Crippen LogP contribution in [0.3, 0.4) is 0 Å². The van der Waals surface area contributed by atoms with Crippen molar-refractivity contribution in [2.45, 2.75) is 63.9 Å². The maximum Gasteiger partial charge on any atom is 0.208 e. The highest BCUT2D eigenvalue weighted by molar-refractivity contribution is 6.05. The summed E-state index contributed by atoms with van der Waals surface area (Å²) in [5.74, 6) is -2.92. The summed E-state index contributed by atoms with van der Waals surface area (Å²) in [6.45, 7) is 8.58. The molecule has 0 aromatic heterocycles. The molecule has 4 aliphatic carbocycles. The molecule has 2 spiro atoms. The standard InChI is InChI=1S/C20H28O5/c1-10-11-5-6-12-18-8-4-7-17(2,3)13(18)16(23)20(24,25-9-18)19(12,14(10)21)15(11)22/h11-13,15-16,22-24H,1,4-9H2,2-3H3/t11-,12-,13+,15?,16+,18+,19-,20-/m1/s1. The smallest absolute Gasteiger partial charge is 0.208 e. The van der Waals surface area contributed by atoms with Gasteiger partial charge in [0.05, 0.1) is 12.7 Å². The van der Waals surface area contributed by atoms with Gasteiger partial charge in [0, 0.05) is 17.3 Å². The highest BCUT2D eigenvalue weighted by Gasteiger charge is 2.85. The molecule has 4 saturated carbocycles. The van der Waals surface area contributed by atoms with Crippen LogP contribution in [-0.2, 0) is 9.53 Å². The number of ketones is 1. The monoisotopic (exact) mass is 348 g/mol. The van der Waals surface area contributed by atoms with Gasteiger partial charge in [0.25, 0.3) is 0 Å². The molecule has 0 aromatic rings. The fraction of sp³-hybridized carbons (Fsp3) is 0.850. The second-order valence-electron chi connectivity index (χ2n) is 9.89. The van der Waals surface area contributed by atoms with Crippen LogP contribution in [0.4, 0.5) is 0 Å². The van der Waals surface area contributed by atoms with Gasteiger partial charge in [-0.2, -0.15) is 0 Å². The third kappa shape index (κ3) is 1.41. The summed E-state index contributed by atoms with van der Waals surface area (Å²) in [4.78, 5) is 13.3. The average molecular weight is 348 g/mol. The summed E-state index contributed by atoms with van der Waals surface area (Å²) in [6.07, 6.45) is 2.18. The number of carbonyl (C=O) groups is 1. The topological polar surface area (TPSA) is 87.0 Å². The van der Waals surface area contributed by atoms with Crippen LogP contribution in [0.1, 0.15) is 46.0 Å². The van der Waals surface area contributed by atoms with Crippen molar-refractivity contribution in [1.82, 2.24) is 0 Å². The molecule has 5 nitrogen and oxygen atoms in total. The molecule has 6 fully saturated rings. The Morgan fingerprint density at radius 3 is 2.60 bits per heavy atom. The molecule has 8 atom stereocenters. The number of hydrogen-bond acceptors (Lipinski definition) is 5. The Kier molecular flexibility index (Phi) is 2.88. The minimum absolute atomic E-state index is 0.131. The predicted octanol–water partition coefficient (Wildman–Crippen LogP) is 1.40. The molecule has 1 unspecified atom stereocenters. The van der Waals surface area contributed by atoms with Crippen LogP contribution >= 0.6 is 0 Å². The Labute approximate surface area is 148 Å². The van der Waals surface area contributed by atoms with Gasteiger partial charge in [-0.3, -0.25) is 4.79 Å². The van der Waals surface area contributed by atoms with Crippen molar-refractivity contribution in [3.63, 3.8) is 0 Å². The number of Topliss-reactive ketones (excluding diaryl/α,β-unsaturated/α-hetero) is 1. The van der Waals surface area contributed by atoms with Crippen LogP contribution in [0, 0.1) is 34.0 Å². The largest absolute Gasteiger partial charge is 0.391 e. The molecule has 3 N–H and O–H groups in total. The van der Waals surface area contributed by atoms with Crippen LogP contribution in [-0.4, -0.2) is 45.7 Å². The number of fused-ring (bicyclic) bond motifs is 2. The molecule has 0 aromatic carbocycles. The van der Waals surface area contributed by atoms with Crippen LogP contribution < -0.4 is 0 Å². The van der Waals surface area contributed by atoms with E-state index in [-0.39, 0.29) is 34.4 Å². The van der Waals surface area contributed by atoms with Gasteiger partial charge in [-0.05, 0) is 42.6 Å². The molecule has 2 heterocycles. The molecule has 138 valence electrons. The molecule has 5 heteroatoms. The van der Waals surface area contributed by atoms with Gasteiger partial charge in [-0.25, -0.2) is 0 Å². The first-order chi connectivity index (χ1) is 11.6. The molecule has 0 radical (unpaired) electrons. The average Bonchev–Trinajstić information content (AvgIpc) is 2.66. The molecule has 2 saturated heterocycles. The second kappa shape index (κ2) is 4.38. The first-order valence-corrected chi connectivity index (χ1v) is 9.61. The van der Waals surface area contributed by atoms with Crippen LogP contribution in [0.25, 0.3) is 0 Å². The molecule has 0 amide bonds. The van der Waals surface area contributed by atoms with E-state index in [9.17, 15) is 20.1 Å². The van der Waals surface area contributed by atoms with E-state index in [1.54, 1.807) is 0 Å². The first kappa shape index (κ1) is 16.4. The van der Waals surface area contributed by atoms with Crippen molar-refractivity contribution >= 4 is 5.78 Å². The number of aliphatic hydroxyl groups excluding tert-OH is 2. The number of aliphatic hydroxyl groups is 3. The zero-order valence-corrected chi connectivity index (χ0v) is 15.0. The Bertz CT molecular complexity index is 686. The van der Waals surface area contributed by atoms with Gasteiger partial charge in [0.2, 0.25) is 5.79 Å². The quantitative estimate of drug-likeness (QED) is 0.576. The third-order valence-electron chi connectivity index (χ3n) is 8.77.